The van der Waals surface area contributed by atoms with Crippen molar-refractivity contribution in [2.75, 3.05) is 16.8 Å². The van der Waals surface area contributed by atoms with Crippen molar-refractivity contribution in [2.45, 2.75) is 16.0 Å². The molecule has 2 nitrogen and oxygen atoms in total. The first kappa shape index (κ1) is 19.2. The molecule has 2 aromatic carbocycles. The highest BCUT2D eigenvalue weighted by Crippen LogP contribution is 2.32. The number of carbonyl (C=O) groups is 1. The van der Waals surface area contributed by atoms with Crippen LogP contribution in [0.3, 0.4) is 0 Å². The topological polar surface area (TPSA) is 29.1 Å². The van der Waals surface area contributed by atoms with Crippen LogP contribution in [0.5, 0.6) is 0 Å². The molecular weight excluding hydrogens is 423 g/mol. The second-order valence-electron chi connectivity index (χ2n) is 4.69. The van der Waals surface area contributed by atoms with E-state index in [4.69, 9.17) is 0 Å². The van der Waals surface area contributed by atoms with Gasteiger partial charge in [-0.25, -0.2) is 0 Å². The van der Waals surface area contributed by atoms with Gasteiger partial charge in [-0.05, 0) is 36.4 Å². The van der Waals surface area contributed by atoms with Crippen LogP contribution in [-0.4, -0.2) is 23.6 Å². The van der Waals surface area contributed by atoms with Crippen molar-refractivity contribution >= 4 is 51.0 Å². The molecule has 8 heteroatoms. The summed E-state index contributed by atoms with van der Waals surface area (Å²) in [6.45, 7) is 0. The van der Waals surface area contributed by atoms with E-state index in [2.05, 4.69) is 21.2 Å². The number of carbonyl (C=O) groups excluding carboxylic acids is 1. The van der Waals surface area contributed by atoms with Crippen LogP contribution in [0.15, 0.2) is 62.8 Å². The van der Waals surface area contributed by atoms with Crippen molar-refractivity contribution in [1.29, 1.82) is 0 Å². The van der Waals surface area contributed by atoms with Gasteiger partial charge in [0.1, 0.15) is 0 Å². The summed E-state index contributed by atoms with van der Waals surface area (Å²) in [5.74, 6) is -1.07. The van der Waals surface area contributed by atoms with E-state index in [0.717, 1.165) is 9.37 Å². The first-order valence-electron chi connectivity index (χ1n) is 6.80. The zero-order chi connectivity index (χ0) is 17.6. The van der Waals surface area contributed by atoms with Gasteiger partial charge >= 0.3 is 6.18 Å². The van der Waals surface area contributed by atoms with Crippen LogP contribution in [0.4, 0.5) is 18.9 Å². The number of amides is 1. The lowest BCUT2D eigenvalue weighted by atomic mass is 10.3. The normalized spacial score (nSPS) is 11.3. The lowest BCUT2D eigenvalue weighted by Gasteiger charge is -2.12. The molecule has 0 aliphatic carbocycles. The van der Waals surface area contributed by atoms with Gasteiger partial charge in [-0.15, -0.1) is 23.5 Å². The largest absolute Gasteiger partial charge is 0.398 e. The molecule has 0 bridgehead atoms. The number of halogens is 4. The van der Waals surface area contributed by atoms with Crippen LogP contribution in [-0.2, 0) is 4.79 Å². The van der Waals surface area contributed by atoms with E-state index in [-0.39, 0.29) is 11.7 Å². The fourth-order valence-electron chi connectivity index (χ4n) is 1.72. The van der Waals surface area contributed by atoms with Gasteiger partial charge in [0.15, 0.2) is 0 Å². The van der Waals surface area contributed by atoms with Gasteiger partial charge in [-0.1, -0.05) is 28.1 Å². The van der Waals surface area contributed by atoms with Gasteiger partial charge in [0.05, 0.1) is 17.2 Å². The summed E-state index contributed by atoms with van der Waals surface area (Å²) in [4.78, 5) is 13.4. The molecule has 2 rings (SSSR count). The average Bonchev–Trinajstić information content (AvgIpc) is 2.53. The van der Waals surface area contributed by atoms with Crippen LogP contribution in [0.1, 0.15) is 0 Å². The molecule has 0 radical (unpaired) electrons. The van der Waals surface area contributed by atoms with Gasteiger partial charge in [0.25, 0.3) is 0 Å². The minimum absolute atomic E-state index is 0.180. The lowest BCUT2D eigenvalue weighted by Crippen LogP contribution is -2.15. The molecule has 0 heterocycles. The number of benzene rings is 2. The van der Waals surface area contributed by atoms with Crippen LogP contribution < -0.4 is 5.32 Å². The summed E-state index contributed by atoms with van der Waals surface area (Å²) >= 11 is 5.36. The highest BCUT2D eigenvalue weighted by molar-refractivity contribution is 9.10. The maximum atomic E-state index is 12.4. The van der Waals surface area contributed by atoms with E-state index in [0.29, 0.717) is 22.3 Å². The number of alkyl halides is 3. The van der Waals surface area contributed by atoms with Crippen molar-refractivity contribution in [3.8, 4) is 0 Å². The molecule has 0 atom stereocenters. The first-order chi connectivity index (χ1) is 11.3. The van der Waals surface area contributed by atoms with Crippen LogP contribution in [0.2, 0.25) is 0 Å². The standard InChI is InChI=1S/C16H13BrF3NOS2/c17-11-5-7-12(8-6-11)23-9-15(22)21-13-3-1-2-4-14(13)24-10-16(18,19)20/h1-8H,9-10H2,(H,21,22). The molecule has 0 aliphatic rings. The van der Waals surface area contributed by atoms with Crippen molar-refractivity contribution in [1.82, 2.24) is 0 Å². The van der Waals surface area contributed by atoms with Gasteiger partial charge in [0, 0.05) is 14.3 Å². The quantitative estimate of drug-likeness (QED) is 0.578. The number of hydrogen-bond donors (Lipinski definition) is 1. The third-order valence-electron chi connectivity index (χ3n) is 2.74. The minimum atomic E-state index is -4.25. The summed E-state index contributed by atoms with van der Waals surface area (Å²) < 4.78 is 38.0. The number of thioether (sulfide) groups is 2. The third kappa shape index (κ3) is 6.78. The van der Waals surface area contributed by atoms with Crippen molar-refractivity contribution in [2.24, 2.45) is 0 Å². The maximum absolute atomic E-state index is 12.4. The SMILES string of the molecule is O=C(CSc1ccc(Br)cc1)Nc1ccccc1SCC(F)(F)F. The molecule has 0 aromatic heterocycles. The number of hydrogen-bond acceptors (Lipinski definition) is 3. The highest BCUT2D eigenvalue weighted by atomic mass is 79.9. The average molecular weight is 436 g/mol. The molecule has 0 saturated heterocycles. The Bertz CT molecular complexity index is 692. The number of rotatable bonds is 6. The summed E-state index contributed by atoms with van der Waals surface area (Å²) in [5, 5.41) is 2.67. The van der Waals surface area contributed by atoms with E-state index in [9.17, 15) is 18.0 Å². The molecule has 0 saturated carbocycles. The van der Waals surface area contributed by atoms with Gasteiger partial charge < -0.3 is 5.32 Å². The Morgan fingerprint density at radius 3 is 2.38 bits per heavy atom. The van der Waals surface area contributed by atoms with E-state index >= 15 is 0 Å². The number of anilines is 1. The summed E-state index contributed by atoms with van der Waals surface area (Å²) in [7, 11) is 0. The molecule has 2 aromatic rings. The summed E-state index contributed by atoms with van der Waals surface area (Å²) in [5.41, 5.74) is 0.396. The van der Waals surface area contributed by atoms with Crippen molar-refractivity contribution < 1.29 is 18.0 Å². The van der Waals surface area contributed by atoms with Gasteiger partial charge in [-0.2, -0.15) is 13.2 Å². The summed E-state index contributed by atoms with van der Waals surface area (Å²) in [6, 6.07) is 14.0. The highest BCUT2D eigenvalue weighted by Gasteiger charge is 2.27. The van der Waals surface area contributed by atoms with E-state index in [1.54, 1.807) is 24.3 Å². The molecule has 0 unspecified atom stereocenters. The number of nitrogens with one attached hydrogen (secondary N) is 1. The Labute approximate surface area is 154 Å². The molecule has 0 spiro atoms. The van der Waals surface area contributed by atoms with Crippen LogP contribution >= 0.6 is 39.5 Å². The Morgan fingerprint density at radius 1 is 1.04 bits per heavy atom. The zero-order valence-electron chi connectivity index (χ0n) is 12.3. The second kappa shape index (κ2) is 8.82. The van der Waals surface area contributed by atoms with Gasteiger partial charge in [-0.3, -0.25) is 4.79 Å². The summed E-state index contributed by atoms with van der Waals surface area (Å²) in [6.07, 6.45) is -4.25. The first-order valence-corrected chi connectivity index (χ1v) is 9.57. The van der Waals surface area contributed by atoms with Crippen molar-refractivity contribution in [3.63, 3.8) is 0 Å². The molecule has 0 aliphatic heterocycles. The number of para-hydroxylation sites is 1. The molecule has 24 heavy (non-hydrogen) atoms. The molecule has 1 amide bonds. The fraction of sp³-hybridized carbons (Fsp3) is 0.188. The Morgan fingerprint density at radius 2 is 1.71 bits per heavy atom. The molecule has 0 fully saturated rings. The van der Waals surface area contributed by atoms with Crippen molar-refractivity contribution in [3.05, 3.63) is 53.0 Å². The third-order valence-corrected chi connectivity index (χ3v) is 5.42. The monoisotopic (exact) mass is 435 g/mol. The lowest BCUT2D eigenvalue weighted by molar-refractivity contribution is -0.113. The smallest absolute Gasteiger partial charge is 0.324 e. The predicted octanol–water partition coefficient (Wildman–Crippen LogP) is 5.83. The maximum Gasteiger partial charge on any atom is 0.398 e. The van der Waals surface area contributed by atoms with Crippen LogP contribution in [0.25, 0.3) is 0 Å². The van der Waals surface area contributed by atoms with E-state index < -0.39 is 11.9 Å². The Kier molecular flexibility index (Phi) is 7.06. The second-order valence-corrected chi connectivity index (χ2v) is 7.67. The Balaban J connectivity index is 1.92. The Hall–Kier alpha value is -1.12. The predicted molar refractivity (Wildman–Crippen MR) is 96.7 cm³/mol. The van der Waals surface area contributed by atoms with Crippen LogP contribution in [0, 0.1) is 0 Å². The van der Waals surface area contributed by atoms with E-state index in [1.165, 1.54) is 11.8 Å². The zero-order valence-corrected chi connectivity index (χ0v) is 15.5. The molecule has 1 N–H and O–H groups in total. The molecule has 128 valence electrons. The van der Waals surface area contributed by atoms with Gasteiger partial charge in [0.2, 0.25) is 5.91 Å². The molecular formula is C16H13BrF3NOS2. The van der Waals surface area contributed by atoms with E-state index in [1.807, 2.05) is 24.3 Å². The fourth-order valence-corrected chi connectivity index (χ4v) is 3.45. The minimum Gasteiger partial charge on any atom is -0.324 e.